The van der Waals surface area contributed by atoms with Crippen LogP contribution in [0.5, 0.6) is 0 Å². The number of anilines is 1. The summed E-state index contributed by atoms with van der Waals surface area (Å²) in [6.45, 7) is 0. The smallest absolute Gasteiger partial charge is 0.234 e. The van der Waals surface area contributed by atoms with Gasteiger partial charge in [-0.15, -0.1) is 0 Å². The van der Waals surface area contributed by atoms with Crippen LogP contribution < -0.4 is 10.6 Å². The predicted molar refractivity (Wildman–Crippen MR) is 110 cm³/mol. The lowest BCUT2D eigenvalue weighted by Crippen LogP contribution is -2.31. The van der Waals surface area contributed by atoms with Gasteiger partial charge in [0.15, 0.2) is 0 Å². The Morgan fingerprint density at radius 3 is 2.57 bits per heavy atom. The molecule has 0 aliphatic carbocycles. The molecule has 3 rings (SSSR count). The van der Waals surface area contributed by atoms with Gasteiger partial charge >= 0.3 is 0 Å². The van der Waals surface area contributed by atoms with Gasteiger partial charge in [-0.1, -0.05) is 39.8 Å². The highest BCUT2D eigenvalue weighted by Gasteiger charge is 2.29. The first-order valence-electron chi connectivity index (χ1n) is 8.34. The second-order valence-corrected chi connectivity index (χ2v) is 7.96. The molecule has 0 saturated carbocycles. The Morgan fingerprint density at radius 1 is 1.25 bits per heavy atom. The molecule has 2 aromatic rings. The monoisotopic (exact) mass is 459 g/mol. The summed E-state index contributed by atoms with van der Waals surface area (Å²) in [5, 5.41) is 15.4. The van der Waals surface area contributed by atoms with E-state index in [0.29, 0.717) is 16.3 Å². The molecular formula is C20H15BrFN3O2S. The highest BCUT2D eigenvalue weighted by molar-refractivity contribution is 9.10. The van der Waals surface area contributed by atoms with Crippen molar-refractivity contribution in [1.29, 1.82) is 5.26 Å². The van der Waals surface area contributed by atoms with Crippen LogP contribution in [-0.4, -0.2) is 17.6 Å². The Morgan fingerprint density at radius 2 is 1.93 bits per heavy atom. The van der Waals surface area contributed by atoms with Crippen molar-refractivity contribution >= 4 is 45.2 Å². The maximum absolute atomic E-state index is 12.9. The third-order valence-corrected chi connectivity index (χ3v) is 5.65. The molecule has 0 saturated heterocycles. The number of nitrogens with one attached hydrogen (secondary N) is 2. The van der Waals surface area contributed by atoms with Gasteiger partial charge in [-0.25, -0.2) is 4.39 Å². The van der Waals surface area contributed by atoms with E-state index in [1.165, 1.54) is 24.3 Å². The zero-order chi connectivity index (χ0) is 20.1. The zero-order valence-corrected chi connectivity index (χ0v) is 16.9. The second-order valence-electron chi connectivity index (χ2n) is 6.05. The van der Waals surface area contributed by atoms with Gasteiger partial charge in [-0.05, 0) is 42.0 Å². The van der Waals surface area contributed by atoms with Crippen molar-refractivity contribution in [2.75, 3.05) is 11.1 Å². The van der Waals surface area contributed by atoms with Crippen molar-refractivity contribution in [2.24, 2.45) is 0 Å². The molecule has 1 aliphatic rings. The quantitative estimate of drug-likeness (QED) is 0.698. The number of benzene rings is 2. The van der Waals surface area contributed by atoms with Gasteiger partial charge in [0.25, 0.3) is 0 Å². The molecule has 1 unspecified atom stereocenters. The molecule has 28 heavy (non-hydrogen) atoms. The Hall–Kier alpha value is -2.63. The number of amides is 2. The molecule has 2 N–H and O–H groups in total. The molecule has 1 aliphatic heterocycles. The highest BCUT2D eigenvalue weighted by atomic mass is 79.9. The molecule has 5 nitrogen and oxygen atoms in total. The Bertz CT molecular complexity index is 968. The minimum absolute atomic E-state index is 0.00519. The molecule has 1 heterocycles. The molecule has 0 bridgehead atoms. The van der Waals surface area contributed by atoms with Gasteiger partial charge in [-0.3, -0.25) is 9.59 Å². The van der Waals surface area contributed by atoms with Gasteiger partial charge in [0, 0.05) is 22.5 Å². The van der Waals surface area contributed by atoms with Gasteiger partial charge in [0.05, 0.1) is 22.4 Å². The van der Waals surface area contributed by atoms with Crippen molar-refractivity contribution in [2.45, 2.75) is 12.3 Å². The van der Waals surface area contributed by atoms with Crippen LogP contribution in [0, 0.1) is 17.1 Å². The summed E-state index contributed by atoms with van der Waals surface area (Å²) >= 11 is 4.47. The van der Waals surface area contributed by atoms with E-state index in [9.17, 15) is 19.2 Å². The highest BCUT2D eigenvalue weighted by Crippen LogP contribution is 2.36. The first kappa shape index (κ1) is 20.1. The number of hydrogen-bond donors (Lipinski definition) is 2. The van der Waals surface area contributed by atoms with E-state index in [2.05, 4.69) is 32.6 Å². The number of halogens is 2. The molecular weight excluding hydrogens is 445 g/mol. The molecule has 0 fully saturated rings. The molecule has 0 radical (unpaired) electrons. The minimum atomic E-state index is -0.389. The molecule has 8 heteroatoms. The van der Waals surface area contributed by atoms with Gasteiger partial charge in [-0.2, -0.15) is 5.26 Å². The van der Waals surface area contributed by atoms with E-state index in [4.69, 9.17) is 0 Å². The normalized spacial score (nSPS) is 16.3. The lowest BCUT2D eigenvalue weighted by atomic mass is 9.87. The molecule has 2 amide bonds. The van der Waals surface area contributed by atoms with E-state index >= 15 is 0 Å². The van der Waals surface area contributed by atoms with Crippen LogP contribution in [-0.2, 0) is 9.59 Å². The van der Waals surface area contributed by atoms with E-state index in [-0.39, 0.29) is 35.7 Å². The van der Waals surface area contributed by atoms with Gasteiger partial charge in [0.2, 0.25) is 11.8 Å². The Labute approximate surface area is 174 Å². The van der Waals surface area contributed by atoms with E-state index in [0.717, 1.165) is 21.8 Å². The summed E-state index contributed by atoms with van der Waals surface area (Å²) in [6.07, 6.45) is 0.177. The van der Waals surface area contributed by atoms with Crippen molar-refractivity contribution in [1.82, 2.24) is 5.32 Å². The predicted octanol–water partition coefficient (Wildman–Crippen LogP) is 4.30. The van der Waals surface area contributed by atoms with Crippen LogP contribution in [0.2, 0.25) is 0 Å². The summed E-state index contributed by atoms with van der Waals surface area (Å²) in [6, 6.07) is 15.1. The molecule has 142 valence electrons. The van der Waals surface area contributed by atoms with Crippen molar-refractivity contribution < 1.29 is 14.0 Å². The number of rotatable bonds is 5. The molecule has 0 aromatic heterocycles. The summed E-state index contributed by atoms with van der Waals surface area (Å²) in [7, 11) is 0. The number of hydrogen-bond acceptors (Lipinski definition) is 4. The fourth-order valence-corrected chi connectivity index (χ4v) is 3.92. The number of carbonyl (C=O) groups excluding carboxylic acids is 2. The maximum Gasteiger partial charge on any atom is 0.234 e. The standard InChI is InChI=1S/C20H15BrFN3O2S/c21-13-3-1-12(2-4-13)16-9-18(26)25-20(17(16)10-23)28-11-19(27)24-15-7-5-14(22)6-8-15/h1-8,16H,9,11H2,(H,24,27)(H,25,26). The SMILES string of the molecule is N#CC1=C(SCC(=O)Nc2ccc(F)cc2)NC(=O)CC1c1ccc(Br)cc1. The van der Waals surface area contributed by atoms with Gasteiger partial charge in [0.1, 0.15) is 5.82 Å². The summed E-state index contributed by atoms with van der Waals surface area (Å²) in [4.78, 5) is 24.3. The number of carbonyl (C=O) groups is 2. The topological polar surface area (TPSA) is 82.0 Å². The van der Waals surface area contributed by atoms with E-state index < -0.39 is 0 Å². The van der Waals surface area contributed by atoms with Crippen LogP contribution in [0.25, 0.3) is 0 Å². The van der Waals surface area contributed by atoms with Crippen molar-refractivity contribution in [3.63, 3.8) is 0 Å². The Balaban J connectivity index is 1.73. The lowest BCUT2D eigenvalue weighted by molar-refractivity contribution is -0.121. The molecule has 1 atom stereocenters. The summed E-state index contributed by atoms with van der Waals surface area (Å²) in [5.74, 6) is -1.25. The number of nitriles is 1. The number of allylic oxidation sites excluding steroid dienone is 1. The van der Waals surface area contributed by atoms with E-state index in [1.807, 2.05) is 24.3 Å². The van der Waals surface area contributed by atoms with Gasteiger partial charge < -0.3 is 10.6 Å². The largest absolute Gasteiger partial charge is 0.325 e. The van der Waals surface area contributed by atoms with Crippen LogP contribution in [0.15, 0.2) is 63.6 Å². The van der Waals surface area contributed by atoms with Crippen molar-refractivity contribution in [3.05, 3.63) is 75.0 Å². The van der Waals surface area contributed by atoms with Crippen LogP contribution in [0.3, 0.4) is 0 Å². The minimum Gasteiger partial charge on any atom is -0.325 e. The molecule has 2 aromatic carbocycles. The maximum atomic E-state index is 12.9. The summed E-state index contributed by atoms with van der Waals surface area (Å²) in [5.41, 5.74) is 1.77. The lowest BCUT2D eigenvalue weighted by Gasteiger charge is -2.25. The first-order valence-corrected chi connectivity index (χ1v) is 10.1. The third kappa shape index (κ3) is 5.00. The van der Waals surface area contributed by atoms with E-state index in [1.54, 1.807) is 0 Å². The fraction of sp³-hybridized carbons (Fsp3) is 0.150. The first-order chi connectivity index (χ1) is 13.5. The number of thioether (sulfide) groups is 1. The Kier molecular flexibility index (Phi) is 6.49. The van der Waals surface area contributed by atoms with Crippen molar-refractivity contribution in [3.8, 4) is 6.07 Å². The zero-order valence-electron chi connectivity index (χ0n) is 14.5. The summed E-state index contributed by atoms with van der Waals surface area (Å²) < 4.78 is 13.8. The van der Waals surface area contributed by atoms with Crippen LogP contribution in [0.4, 0.5) is 10.1 Å². The molecule has 0 spiro atoms. The van der Waals surface area contributed by atoms with Crippen LogP contribution in [0.1, 0.15) is 17.9 Å². The average Bonchev–Trinajstić information content (AvgIpc) is 2.68. The third-order valence-electron chi connectivity index (χ3n) is 4.10. The number of nitrogens with zero attached hydrogens (tertiary/aromatic N) is 1. The van der Waals surface area contributed by atoms with Crippen LogP contribution >= 0.6 is 27.7 Å². The fourth-order valence-electron chi connectivity index (χ4n) is 2.78. The average molecular weight is 460 g/mol. The second kappa shape index (κ2) is 9.04.